The third-order valence-electron chi connectivity index (χ3n) is 3.33. The van der Waals surface area contributed by atoms with E-state index in [4.69, 9.17) is 4.98 Å². The summed E-state index contributed by atoms with van der Waals surface area (Å²) in [6.45, 7) is 7.49. The average molecular weight is 289 g/mol. The van der Waals surface area contributed by atoms with E-state index >= 15 is 0 Å². The largest absolute Gasteiger partial charge is 0.321 e. The van der Waals surface area contributed by atoms with Gasteiger partial charge in [0, 0.05) is 24.2 Å². The SMILES string of the molecule is CCCNC(C)c1csc(N(C)c2cccc(C)c2)n1. The van der Waals surface area contributed by atoms with Crippen molar-refractivity contribution in [3.8, 4) is 0 Å². The van der Waals surface area contributed by atoms with Gasteiger partial charge in [-0.1, -0.05) is 19.1 Å². The van der Waals surface area contributed by atoms with E-state index in [1.54, 1.807) is 11.3 Å². The molecule has 4 heteroatoms. The van der Waals surface area contributed by atoms with Crippen LogP contribution >= 0.6 is 11.3 Å². The molecular weight excluding hydrogens is 266 g/mol. The number of benzene rings is 1. The molecule has 1 atom stereocenters. The van der Waals surface area contributed by atoms with Crippen LogP contribution in [0.1, 0.15) is 37.6 Å². The molecule has 0 aliphatic rings. The van der Waals surface area contributed by atoms with Crippen LogP contribution in [0.2, 0.25) is 0 Å². The first-order valence-corrected chi connectivity index (χ1v) is 7.99. The highest BCUT2D eigenvalue weighted by molar-refractivity contribution is 7.13. The Kier molecular flexibility index (Phi) is 5.15. The quantitative estimate of drug-likeness (QED) is 0.860. The van der Waals surface area contributed by atoms with Gasteiger partial charge in [-0.15, -0.1) is 11.3 Å². The Hall–Kier alpha value is -1.39. The molecule has 0 fully saturated rings. The fraction of sp³-hybridized carbons (Fsp3) is 0.438. The van der Waals surface area contributed by atoms with Gasteiger partial charge in [-0.2, -0.15) is 0 Å². The fourth-order valence-corrected chi connectivity index (χ4v) is 2.95. The number of aryl methyl sites for hydroxylation is 1. The van der Waals surface area contributed by atoms with Crippen LogP contribution in [0.4, 0.5) is 10.8 Å². The van der Waals surface area contributed by atoms with Crippen molar-refractivity contribution in [1.82, 2.24) is 10.3 Å². The molecule has 1 aromatic heterocycles. The van der Waals surface area contributed by atoms with Crippen LogP contribution in [0.5, 0.6) is 0 Å². The third-order valence-corrected chi connectivity index (χ3v) is 4.27. The molecule has 0 amide bonds. The van der Waals surface area contributed by atoms with Crippen LogP contribution in [0.15, 0.2) is 29.6 Å². The lowest BCUT2D eigenvalue weighted by Crippen LogP contribution is -2.19. The first-order valence-electron chi connectivity index (χ1n) is 7.11. The van der Waals surface area contributed by atoms with Gasteiger partial charge in [-0.05, 0) is 44.5 Å². The molecule has 0 aliphatic carbocycles. The molecule has 1 heterocycles. The minimum Gasteiger partial charge on any atom is -0.321 e. The van der Waals surface area contributed by atoms with Gasteiger partial charge >= 0.3 is 0 Å². The molecule has 0 aliphatic heterocycles. The highest BCUT2D eigenvalue weighted by atomic mass is 32.1. The monoisotopic (exact) mass is 289 g/mol. The zero-order valence-corrected chi connectivity index (χ0v) is 13.5. The second-order valence-corrected chi connectivity index (χ2v) is 5.97. The van der Waals surface area contributed by atoms with Gasteiger partial charge in [0.1, 0.15) is 0 Å². The number of nitrogens with one attached hydrogen (secondary N) is 1. The molecule has 1 unspecified atom stereocenters. The van der Waals surface area contributed by atoms with Gasteiger partial charge in [0.05, 0.1) is 5.69 Å². The summed E-state index contributed by atoms with van der Waals surface area (Å²) in [5.74, 6) is 0. The van der Waals surface area contributed by atoms with Gasteiger partial charge in [0.2, 0.25) is 0 Å². The van der Waals surface area contributed by atoms with Crippen molar-refractivity contribution in [2.75, 3.05) is 18.5 Å². The maximum atomic E-state index is 4.75. The molecule has 0 bridgehead atoms. The van der Waals surface area contributed by atoms with Crippen LogP contribution in [-0.2, 0) is 0 Å². The lowest BCUT2D eigenvalue weighted by atomic mass is 10.2. The Morgan fingerprint density at radius 1 is 1.40 bits per heavy atom. The highest BCUT2D eigenvalue weighted by Crippen LogP contribution is 2.29. The van der Waals surface area contributed by atoms with Crippen LogP contribution in [0.3, 0.4) is 0 Å². The second-order valence-electron chi connectivity index (χ2n) is 5.13. The molecule has 0 saturated carbocycles. The number of hydrogen-bond donors (Lipinski definition) is 1. The zero-order valence-electron chi connectivity index (χ0n) is 12.7. The van der Waals surface area contributed by atoms with E-state index in [2.05, 4.69) is 67.7 Å². The van der Waals surface area contributed by atoms with E-state index in [-0.39, 0.29) is 0 Å². The summed E-state index contributed by atoms with van der Waals surface area (Å²) in [4.78, 5) is 6.90. The van der Waals surface area contributed by atoms with E-state index in [1.807, 2.05) is 0 Å². The Morgan fingerprint density at radius 2 is 2.20 bits per heavy atom. The fourth-order valence-electron chi connectivity index (χ4n) is 2.04. The molecule has 3 nitrogen and oxygen atoms in total. The molecule has 0 radical (unpaired) electrons. The van der Waals surface area contributed by atoms with Crippen LogP contribution in [0, 0.1) is 6.92 Å². The summed E-state index contributed by atoms with van der Waals surface area (Å²) in [6.07, 6.45) is 1.14. The van der Waals surface area contributed by atoms with E-state index in [0.717, 1.165) is 23.8 Å². The minimum atomic E-state index is 0.311. The standard InChI is InChI=1S/C16H23N3S/c1-5-9-17-13(3)15-11-20-16(18-15)19(4)14-8-6-7-12(2)10-14/h6-8,10-11,13,17H,5,9H2,1-4H3. The summed E-state index contributed by atoms with van der Waals surface area (Å²) in [5.41, 5.74) is 3.57. The van der Waals surface area contributed by atoms with E-state index in [0.29, 0.717) is 6.04 Å². The number of thiazole rings is 1. The van der Waals surface area contributed by atoms with Gasteiger partial charge < -0.3 is 10.2 Å². The molecule has 0 spiro atoms. The summed E-state index contributed by atoms with van der Waals surface area (Å²) >= 11 is 1.69. The van der Waals surface area contributed by atoms with E-state index in [1.165, 1.54) is 11.3 Å². The second kappa shape index (κ2) is 6.86. The van der Waals surface area contributed by atoms with Crippen molar-refractivity contribution in [3.63, 3.8) is 0 Å². The van der Waals surface area contributed by atoms with Crippen molar-refractivity contribution in [2.45, 2.75) is 33.2 Å². The molecule has 20 heavy (non-hydrogen) atoms. The number of rotatable bonds is 6. The third kappa shape index (κ3) is 3.58. The summed E-state index contributed by atoms with van der Waals surface area (Å²) in [7, 11) is 2.07. The maximum Gasteiger partial charge on any atom is 0.189 e. The maximum absolute atomic E-state index is 4.75. The number of hydrogen-bond acceptors (Lipinski definition) is 4. The van der Waals surface area contributed by atoms with E-state index in [9.17, 15) is 0 Å². The first-order chi connectivity index (χ1) is 9.61. The normalized spacial score (nSPS) is 12.4. The topological polar surface area (TPSA) is 28.2 Å². The summed E-state index contributed by atoms with van der Waals surface area (Å²) in [5, 5.41) is 6.66. The van der Waals surface area contributed by atoms with Crippen LogP contribution in [-0.4, -0.2) is 18.6 Å². The Morgan fingerprint density at radius 3 is 2.90 bits per heavy atom. The molecule has 2 aromatic rings. The van der Waals surface area contributed by atoms with Crippen molar-refractivity contribution in [3.05, 3.63) is 40.9 Å². The predicted molar refractivity (Wildman–Crippen MR) is 88.1 cm³/mol. The van der Waals surface area contributed by atoms with E-state index < -0.39 is 0 Å². The zero-order chi connectivity index (χ0) is 14.5. The molecule has 2 rings (SSSR count). The number of nitrogens with zero attached hydrogens (tertiary/aromatic N) is 2. The Labute approximate surface area is 125 Å². The predicted octanol–water partition coefficient (Wildman–Crippen LogP) is 4.28. The lowest BCUT2D eigenvalue weighted by Gasteiger charge is -2.16. The van der Waals surface area contributed by atoms with Gasteiger partial charge in [0.25, 0.3) is 0 Å². The van der Waals surface area contributed by atoms with Crippen molar-refractivity contribution in [2.24, 2.45) is 0 Å². The minimum absolute atomic E-state index is 0.311. The molecule has 0 saturated heterocycles. The Balaban J connectivity index is 2.12. The number of anilines is 2. The van der Waals surface area contributed by atoms with Gasteiger partial charge in [-0.25, -0.2) is 4.98 Å². The highest BCUT2D eigenvalue weighted by Gasteiger charge is 2.12. The average Bonchev–Trinajstić information content (AvgIpc) is 2.93. The molecule has 1 aromatic carbocycles. The smallest absolute Gasteiger partial charge is 0.189 e. The molecule has 1 N–H and O–H groups in total. The van der Waals surface area contributed by atoms with Gasteiger partial charge in [0.15, 0.2) is 5.13 Å². The lowest BCUT2D eigenvalue weighted by molar-refractivity contribution is 0.561. The number of aromatic nitrogens is 1. The van der Waals surface area contributed by atoms with Crippen molar-refractivity contribution < 1.29 is 0 Å². The van der Waals surface area contributed by atoms with Crippen molar-refractivity contribution >= 4 is 22.2 Å². The molecular formula is C16H23N3S. The van der Waals surface area contributed by atoms with Gasteiger partial charge in [-0.3, -0.25) is 0 Å². The molecule has 108 valence electrons. The summed E-state index contributed by atoms with van der Waals surface area (Å²) < 4.78 is 0. The van der Waals surface area contributed by atoms with Crippen molar-refractivity contribution in [1.29, 1.82) is 0 Å². The first kappa shape index (κ1) is 15.0. The van der Waals surface area contributed by atoms with Crippen LogP contribution in [0.25, 0.3) is 0 Å². The Bertz CT molecular complexity index is 550. The van der Waals surface area contributed by atoms with Crippen LogP contribution < -0.4 is 10.2 Å². The summed E-state index contributed by atoms with van der Waals surface area (Å²) in [6, 6.07) is 8.81.